The van der Waals surface area contributed by atoms with Gasteiger partial charge < -0.3 is 24.0 Å². The van der Waals surface area contributed by atoms with Crippen LogP contribution in [0.15, 0.2) is 71.5 Å². The second kappa shape index (κ2) is 9.85. The molecule has 0 saturated heterocycles. The van der Waals surface area contributed by atoms with E-state index in [2.05, 4.69) is 22.0 Å². The number of rotatable bonds is 7. The molecule has 0 aliphatic heterocycles. The largest absolute Gasteiger partial charge is 0.482 e. The molecule has 2 aromatic carbocycles. The van der Waals surface area contributed by atoms with Gasteiger partial charge in [-0.15, -0.1) is 0 Å². The third-order valence-corrected chi connectivity index (χ3v) is 4.73. The van der Waals surface area contributed by atoms with Crippen LogP contribution in [0.25, 0.3) is 11.3 Å². The molecular formula is C25H21N3O5. The molecule has 0 bridgehead atoms. The number of aliphatic carboxylic acids is 1. The number of carboxylic acid groups (broad SMARTS) is 1. The van der Waals surface area contributed by atoms with Gasteiger partial charge in [-0.05, 0) is 49.4 Å². The number of carbonyl (C=O) groups is 1. The molecule has 33 heavy (non-hydrogen) atoms. The lowest BCUT2D eigenvalue weighted by atomic mass is 10.1. The van der Waals surface area contributed by atoms with Crippen molar-refractivity contribution in [2.75, 3.05) is 6.61 Å². The van der Waals surface area contributed by atoms with Gasteiger partial charge in [-0.2, -0.15) is 0 Å². The van der Waals surface area contributed by atoms with Crippen molar-refractivity contribution in [2.45, 2.75) is 19.6 Å². The lowest BCUT2D eigenvalue weighted by Gasteiger charge is -2.07. The SMILES string of the molecule is CC(O)c1nccn1Cc1cc(-c2ccc(C#Cc3cccc(OCC(=O)O)c3)cc2)on1. The van der Waals surface area contributed by atoms with Crippen molar-refractivity contribution in [2.24, 2.45) is 0 Å². The fraction of sp³-hybridized carbons (Fsp3) is 0.160. The monoisotopic (exact) mass is 443 g/mol. The van der Waals surface area contributed by atoms with Gasteiger partial charge in [-0.1, -0.05) is 23.1 Å². The number of aliphatic hydroxyl groups is 1. The minimum atomic E-state index is -1.03. The van der Waals surface area contributed by atoms with E-state index in [-0.39, 0.29) is 0 Å². The Kier molecular flexibility index (Phi) is 6.53. The maximum Gasteiger partial charge on any atom is 0.341 e. The van der Waals surface area contributed by atoms with E-state index in [1.807, 2.05) is 41.0 Å². The molecule has 0 saturated carbocycles. The van der Waals surface area contributed by atoms with Crippen molar-refractivity contribution in [1.29, 1.82) is 0 Å². The van der Waals surface area contributed by atoms with Gasteiger partial charge in [0.15, 0.2) is 12.4 Å². The fourth-order valence-electron chi connectivity index (χ4n) is 3.19. The van der Waals surface area contributed by atoms with Gasteiger partial charge >= 0.3 is 5.97 Å². The number of hydrogen-bond acceptors (Lipinski definition) is 6. The molecule has 0 aliphatic rings. The average Bonchev–Trinajstić information content (AvgIpc) is 3.47. The summed E-state index contributed by atoms with van der Waals surface area (Å²) in [5, 5.41) is 22.6. The number of benzene rings is 2. The zero-order valence-corrected chi connectivity index (χ0v) is 17.8. The zero-order valence-electron chi connectivity index (χ0n) is 17.8. The third-order valence-electron chi connectivity index (χ3n) is 4.73. The number of carboxylic acids is 1. The summed E-state index contributed by atoms with van der Waals surface area (Å²) in [6, 6.07) is 16.4. The van der Waals surface area contributed by atoms with E-state index in [0.29, 0.717) is 23.9 Å². The van der Waals surface area contributed by atoms with E-state index in [9.17, 15) is 9.90 Å². The second-order valence-corrected chi connectivity index (χ2v) is 7.31. The normalized spacial score (nSPS) is 11.5. The first-order valence-electron chi connectivity index (χ1n) is 10.2. The molecule has 0 radical (unpaired) electrons. The molecule has 2 aromatic heterocycles. The summed E-state index contributed by atoms with van der Waals surface area (Å²) in [5.41, 5.74) is 3.12. The first-order chi connectivity index (χ1) is 16.0. The van der Waals surface area contributed by atoms with E-state index in [1.54, 1.807) is 37.5 Å². The van der Waals surface area contributed by atoms with E-state index in [0.717, 1.165) is 22.4 Å². The van der Waals surface area contributed by atoms with Crippen LogP contribution in [-0.4, -0.2) is 37.5 Å². The predicted molar refractivity (Wildman–Crippen MR) is 119 cm³/mol. The van der Waals surface area contributed by atoms with Crippen LogP contribution in [0.5, 0.6) is 5.75 Å². The Morgan fingerprint density at radius 3 is 2.70 bits per heavy atom. The Balaban J connectivity index is 1.43. The predicted octanol–water partition coefficient (Wildman–Crippen LogP) is 3.50. The van der Waals surface area contributed by atoms with Crippen LogP contribution in [0.2, 0.25) is 0 Å². The van der Waals surface area contributed by atoms with E-state index >= 15 is 0 Å². The highest BCUT2D eigenvalue weighted by atomic mass is 16.5. The maximum absolute atomic E-state index is 10.6. The zero-order chi connectivity index (χ0) is 23.2. The van der Waals surface area contributed by atoms with Crippen molar-refractivity contribution in [3.05, 3.63) is 89.6 Å². The van der Waals surface area contributed by atoms with E-state index in [4.69, 9.17) is 14.4 Å². The molecule has 0 fully saturated rings. The number of aliphatic hydroxyl groups excluding tert-OH is 1. The topological polar surface area (TPSA) is 111 Å². The van der Waals surface area contributed by atoms with Crippen LogP contribution in [-0.2, 0) is 11.3 Å². The smallest absolute Gasteiger partial charge is 0.341 e. The van der Waals surface area contributed by atoms with Crippen molar-refractivity contribution in [1.82, 2.24) is 14.7 Å². The van der Waals surface area contributed by atoms with Crippen molar-refractivity contribution in [3.63, 3.8) is 0 Å². The molecule has 0 spiro atoms. The first kappa shape index (κ1) is 21.9. The van der Waals surface area contributed by atoms with Crippen LogP contribution in [0, 0.1) is 11.8 Å². The average molecular weight is 443 g/mol. The van der Waals surface area contributed by atoms with Gasteiger partial charge in [0.2, 0.25) is 0 Å². The van der Waals surface area contributed by atoms with Gasteiger partial charge in [-0.25, -0.2) is 9.78 Å². The fourth-order valence-corrected chi connectivity index (χ4v) is 3.19. The summed E-state index contributed by atoms with van der Waals surface area (Å²) in [6.07, 6.45) is 2.76. The van der Waals surface area contributed by atoms with Crippen LogP contribution < -0.4 is 4.74 Å². The lowest BCUT2D eigenvalue weighted by Crippen LogP contribution is -2.09. The summed E-state index contributed by atoms with van der Waals surface area (Å²) < 4.78 is 12.5. The maximum atomic E-state index is 10.6. The second-order valence-electron chi connectivity index (χ2n) is 7.31. The standard InChI is InChI=1S/C25H21N3O5/c1-17(29)25-26-11-12-28(25)15-21-14-23(33-27-21)20-9-7-18(8-10-20)5-6-19-3-2-4-22(13-19)32-16-24(30)31/h2-4,7-14,17,29H,15-16H2,1H3,(H,30,31). The molecule has 0 amide bonds. The van der Waals surface area contributed by atoms with Crippen LogP contribution >= 0.6 is 0 Å². The molecule has 4 aromatic rings. The van der Waals surface area contributed by atoms with Gasteiger partial charge in [0.05, 0.1) is 6.54 Å². The minimum Gasteiger partial charge on any atom is -0.482 e. The minimum absolute atomic E-state index is 0.397. The van der Waals surface area contributed by atoms with E-state index in [1.165, 1.54) is 0 Å². The van der Waals surface area contributed by atoms with Crippen LogP contribution in [0.3, 0.4) is 0 Å². The van der Waals surface area contributed by atoms with Gasteiger partial charge in [0, 0.05) is 35.2 Å². The lowest BCUT2D eigenvalue weighted by molar-refractivity contribution is -0.139. The molecular weight excluding hydrogens is 422 g/mol. The van der Waals surface area contributed by atoms with Gasteiger partial charge in [0.1, 0.15) is 23.4 Å². The van der Waals surface area contributed by atoms with E-state index < -0.39 is 18.7 Å². The Labute approximate surface area is 190 Å². The summed E-state index contributed by atoms with van der Waals surface area (Å²) in [5.74, 6) is 6.76. The van der Waals surface area contributed by atoms with Crippen molar-refractivity contribution in [3.8, 4) is 28.9 Å². The summed E-state index contributed by atoms with van der Waals surface area (Å²) >= 11 is 0. The summed E-state index contributed by atoms with van der Waals surface area (Å²) in [4.78, 5) is 14.8. The summed E-state index contributed by atoms with van der Waals surface area (Å²) in [7, 11) is 0. The Hall–Kier alpha value is -4.35. The molecule has 8 heteroatoms. The molecule has 2 N–H and O–H groups in total. The third kappa shape index (κ3) is 5.67. The molecule has 8 nitrogen and oxygen atoms in total. The molecule has 1 unspecified atom stereocenters. The Morgan fingerprint density at radius 1 is 1.15 bits per heavy atom. The van der Waals surface area contributed by atoms with Crippen LogP contribution in [0.1, 0.15) is 35.7 Å². The quantitative estimate of drug-likeness (QED) is 0.421. The number of nitrogens with zero attached hydrogens (tertiary/aromatic N) is 3. The number of imidazole rings is 1. The highest BCUT2D eigenvalue weighted by Gasteiger charge is 2.12. The Bertz CT molecular complexity index is 1310. The molecule has 4 rings (SSSR count). The molecule has 0 aliphatic carbocycles. The highest BCUT2D eigenvalue weighted by Crippen LogP contribution is 2.22. The molecule has 2 heterocycles. The summed E-state index contributed by atoms with van der Waals surface area (Å²) in [6.45, 7) is 1.72. The number of aromatic nitrogens is 3. The van der Waals surface area contributed by atoms with Gasteiger partial charge in [-0.3, -0.25) is 0 Å². The highest BCUT2D eigenvalue weighted by molar-refractivity contribution is 5.68. The first-order valence-corrected chi connectivity index (χ1v) is 10.2. The van der Waals surface area contributed by atoms with Crippen LogP contribution in [0.4, 0.5) is 0 Å². The molecule has 1 atom stereocenters. The van der Waals surface area contributed by atoms with Gasteiger partial charge in [0.25, 0.3) is 0 Å². The van der Waals surface area contributed by atoms with Crippen molar-refractivity contribution >= 4 is 5.97 Å². The molecule has 166 valence electrons. The van der Waals surface area contributed by atoms with Crippen molar-refractivity contribution < 1.29 is 24.3 Å². The number of ether oxygens (including phenoxy) is 1. The number of hydrogen-bond donors (Lipinski definition) is 2. The Morgan fingerprint density at radius 2 is 1.94 bits per heavy atom.